The van der Waals surface area contributed by atoms with E-state index in [1.165, 1.54) is 56.9 Å². The van der Waals surface area contributed by atoms with Crippen molar-refractivity contribution in [2.24, 2.45) is 17.8 Å². The van der Waals surface area contributed by atoms with Crippen LogP contribution in [0.1, 0.15) is 105 Å². The standard InChI is InChI=1S/C24H46O3/c1-20(2)10-6-11-21(3)12-7-13-22(4)14-8-15-23(5)16-17-24(26)27-19-9-18-25/h16,20-22,25H,6-15,17-19H2,1-5H3. The van der Waals surface area contributed by atoms with E-state index in [0.717, 1.165) is 24.2 Å². The number of carbonyl (C=O) groups excluding carboxylic acids is 1. The van der Waals surface area contributed by atoms with Crippen molar-refractivity contribution < 1.29 is 14.6 Å². The third-order valence-corrected chi connectivity index (χ3v) is 5.32. The number of hydrogen-bond acceptors (Lipinski definition) is 3. The van der Waals surface area contributed by atoms with Gasteiger partial charge in [0.25, 0.3) is 0 Å². The van der Waals surface area contributed by atoms with Gasteiger partial charge in [0.05, 0.1) is 13.0 Å². The molecule has 0 aromatic rings. The lowest BCUT2D eigenvalue weighted by Gasteiger charge is -2.15. The summed E-state index contributed by atoms with van der Waals surface area (Å²) in [5.74, 6) is 2.31. The van der Waals surface area contributed by atoms with Crippen LogP contribution in [0.4, 0.5) is 0 Å². The SMILES string of the molecule is CC(=CCC(=O)OCCCO)CCCC(C)CCCC(C)CCCC(C)C. The Morgan fingerprint density at radius 1 is 0.889 bits per heavy atom. The molecule has 0 aliphatic heterocycles. The smallest absolute Gasteiger partial charge is 0.309 e. The molecule has 3 heteroatoms. The summed E-state index contributed by atoms with van der Waals surface area (Å²) in [5.41, 5.74) is 1.28. The second kappa shape index (κ2) is 17.3. The zero-order chi connectivity index (χ0) is 20.5. The first kappa shape index (κ1) is 26.2. The molecule has 0 bridgehead atoms. The molecule has 0 rings (SSSR count). The predicted octanol–water partition coefficient (Wildman–Crippen LogP) is 6.69. The number of aliphatic hydroxyl groups excluding tert-OH is 1. The summed E-state index contributed by atoms with van der Waals surface area (Å²) >= 11 is 0. The fourth-order valence-electron chi connectivity index (χ4n) is 3.38. The molecule has 0 radical (unpaired) electrons. The Bertz CT molecular complexity index is 387. The molecule has 2 unspecified atom stereocenters. The zero-order valence-electron chi connectivity index (χ0n) is 18.8. The lowest BCUT2D eigenvalue weighted by molar-refractivity contribution is -0.142. The van der Waals surface area contributed by atoms with E-state index >= 15 is 0 Å². The van der Waals surface area contributed by atoms with Crippen LogP contribution in [0.15, 0.2) is 11.6 Å². The van der Waals surface area contributed by atoms with E-state index in [1.807, 2.05) is 6.08 Å². The second-order valence-electron chi connectivity index (χ2n) is 8.91. The average molecular weight is 383 g/mol. The predicted molar refractivity (Wildman–Crippen MR) is 116 cm³/mol. The molecular formula is C24H46O3. The summed E-state index contributed by atoms with van der Waals surface area (Å²) in [7, 11) is 0. The van der Waals surface area contributed by atoms with E-state index < -0.39 is 0 Å². The van der Waals surface area contributed by atoms with Crippen LogP contribution in [0.5, 0.6) is 0 Å². The zero-order valence-corrected chi connectivity index (χ0v) is 18.8. The Labute approximate surface area is 169 Å². The van der Waals surface area contributed by atoms with Crippen molar-refractivity contribution in [3.05, 3.63) is 11.6 Å². The first-order valence-electron chi connectivity index (χ1n) is 11.3. The van der Waals surface area contributed by atoms with Crippen LogP contribution in [0.2, 0.25) is 0 Å². The maximum atomic E-state index is 11.5. The van der Waals surface area contributed by atoms with Gasteiger partial charge in [-0.15, -0.1) is 0 Å². The summed E-state index contributed by atoms with van der Waals surface area (Å²) < 4.78 is 5.03. The monoisotopic (exact) mass is 382 g/mol. The van der Waals surface area contributed by atoms with E-state index in [9.17, 15) is 4.79 Å². The Morgan fingerprint density at radius 2 is 1.44 bits per heavy atom. The Morgan fingerprint density at radius 3 is 2.00 bits per heavy atom. The second-order valence-corrected chi connectivity index (χ2v) is 8.91. The highest BCUT2D eigenvalue weighted by atomic mass is 16.5. The molecule has 0 amide bonds. The van der Waals surface area contributed by atoms with Crippen LogP contribution in [0.3, 0.4) is 0 Å². The number of aliphatic hydroxyl groups is 1. The maximum absolute atomic E-state index is 11.5. The fraction of sp³-hybridized carbons (Fsp3) is 0.875. The highest BCUT2D eigenvalue weighted by Gasteiger charge is 2.07. The number of ether oxygens (including phenoxy) is 1. The van der Waals surface area contributed by atoms with Gasteiger partial charge >= 0.3 is 5.97 Å². The van der Waals surface area contributed by atoms with E-state index in [4.69, 9.17) is 9.84 Å². The molecule has 0 heterocycles. The van der Waals surface area contributed by atoms with E-state index in [-0.39, 0.29) is 12.6 Å². The third-order valence-electron chi connectivity index (χ3n) is 5.32. The molecule has 0 saturated heterocycles. The third kappa shape index (κ3) is 18.3. The van der Waals surface area contributed by atoms with Crippen molar-refractivity contribution in [2.45, 2.75) is 105 Å². The van der Waals surface area contributed by atoms with E-state index in [0.29, 0.717) is 19.4 Å². The normalized spacial score (nSPS) is 14.4. The molecule has 2 atom stereocenters. The first-order valence-corrected chi connectivity index (χ1v) is 11.3. The van der Waals surface area contributed by atoms with Crippen molar-refractivity contribution in [1.82, 2.24) is 0 Å². The summed E-state index contributed by atoms with van der Waals surface area (Å²) in [5, 5.41) is 8.67. The van der Waals surface area contributed by atoms with Crippen LogP contribution in [-0.2, 0) is 9.53 Å². The van der Waals surface area contributed by atoms with Crippen LogP contribution in [0, 0.1) is 17.8 Å². The molecule has 27 heavy (non-hydrogen) atoms. The maximum Gasteiger partial charge on any atom is 0.309 e. The lowest BCUT2D eigenvalue weighted by atomic mass is 9.91. The highest BCUT2D eigenvalue weighted by molar-refractivity contribution is 5.71. The minimum Gasteiger partial charge on any atom is -0.465 e. The fourth-order valence-corrected chi connectivity index (χ4v) is 3.38. The topological polar surface area (TPSA) is 46.5 Å². The summed E-state index contributed by atoms with van der Waals surface area (Å²) in [4.78, 5) is 11.5. The molecule has 3 nitrogen and oxygen atoms in total. The molecule has 1 N–H and O–H groups in total. The molecule has 0 saturated carbocycles. The molecule has 0 aliphatic carbocycles. The van der Waals surface area contributed by atoms with Gasteiger partial charge in [-0.25, -0.2) is 0 Å². The number of hydrogen-bond donors (Lipinski definition) is 1. The molecule has 0 aromatic heterocycles. The highest BCUT2D eigenvalue weighted by Crippen LogP contribution is 2.22. The number of carbonyl (C=O) groups is 1. The van der Waals surface area contributed by atoms with E-state index in [1.54, 1.807) is 0 Å². The largest absolute Gasteiger partial charge is 0.465 e. The van der Waals surface area contributed by atoms with Crippen LogP contribution >= 0.6 is 0 Å². The van der Waals surface area contributed by atoms with Crippen molar-refractivity contribution in [1.29, 1.82) is 0 Å². The summed E-state index contributed by atoms with van der Waals surface area (Å²) in [6.45, 7) is 11.9. The van der Waals surface area contributed by atoms with Gasteiger partial charge in [0.2, 0.25) is 0 Å². The van der Waals surface area contributed by atoms with Crippen LogP contribution in [-0.4, -0.2) is 24.3 Å². The Kier molecular flexibility index (Phi) is 16.7. The number of allylic oxidation sites excluding steroid dienone is 1. The molecule has 0 fully saturated rings. The first-order chi connectivity index (χ1) is 12.8. The quantitative estimate of drug-likeness (QED) is 0.173. The molecular weight excluding hydrogens is 336 g/mol. The lowest BCUT2D eigenvalue weighted by Crippen LogP contribution is -2.05. The van der Waals surface area contributed by atoms with Gasteiger partial charge in [-0.05, 0) is 37.5 Å². The summed E-state index contributed by atoms with van der Waals surface area (Å²) in [6, 6.07) is 0. The molecule has 0 aliphatic rings. The minimum absolute atomic E-state index is 0.0668. The Balaban J connectivity index is 3.70. The number of rotatable bonds is 17. The van der Waals surface area contributed by atoms with Crippen molar-refractivity contribution in [3.63, 3.8) is 0 Å². The Hall–Kier alpha value is -0.830. The minimum atomic E-state index is -0.196. The van der Waals surface area contributed by atoms with Gasteiger partial charge in [0, 0.05) is 13.0 Å². The van der Waals surface area contributed by atoms with Gasteiger partial charge in [0.15, 0.2) is 0 Å². The van der Waals surface area contributed by atoms with Crippen molar-refractivity contribution in [3.8, 4) is 0 Å². The average Bonchev–Trinajstić information content (AvgIpc) is 2.60. The van der Waals surface area contributed by atoms with Gasteiger partial charge in [-0.1, -0.05) is 84.3 Å². The molecule has 0 spiro atoms. The van der Waals surface area contributed by atoms with E-state index in [2.05, 4.69) is 34.6 Å². The van der Waals surface area contributed by atoms with Crippen LogP contribution < -0.4 is 0 Å². The van der Waals surface area contributed by atoms with Crippen molar-refractivity contribution >= 4 is 5.97 Å². The van der Waals surface area contributed by atoms with Gasteiger partial charge in [-0.2, -0.15) is 0 Å². The van der Waals surface area contributed by atoms with Crippen LogP contribution in [0.25, 0.3) is 0 Å². The van der Waals surface area contributed by atoms with Gasteiger partial charge < -0.3 is 9.84 Å². The summed E-state index contributed by atoms with van der Waals surface area (Å²) in [6.07, 6.45) is 14.6. The molecule has 0 aromatic carbocycles. The van der Waals surface area contributed by atoms with Gasteiger partial charge in [0.1, 0.15) is 0 Å². The molecule has 160 valence electrons. The number of esters is 1. The van der Waals surface area contributed by atoms with Crippen molar-refractivity contribution in [2.75, 3.05) is 13.2 Å². The van der Waals surface area contributed by atoms with Gasteiger partial charge in [-0.3, -0.25) is 4.79 Å².